The lowest BCUT2D eigenvalue weighted by Crippen LogP contribution is -2.19. The molecule has 0 bridgehead atoms. The zero-order valence-electron chi connectivity index (χ0n) is 10.8. The summed E-state index contributed by atoms with van der Waals surface area (Å²) in [5, 5.41) is 2.72. The lowest BCUT2D eigenvalue weighted by atomic mass is 10.3. The Balaban J connectivity index is 2.39. The molecule has 5 nitrogen and oxygen atoms in total. The average molecular weight is 282 g/mol. The third kappa shape index (κ3) is 6.73. The van der Waals surface area contributed by atoms with Gasteiger partial charge in [0.1, 0.15) is 24.0 Å². The summed E-state index contributed by atoms with van der Waals surface area (Å²) in [4.78, 5) is 11.8. The third-order valence-corrected chi connectivity index (χ3v) is 2.22. The number of rotatable bonds is 8. The van der Waals surface area contributed by atoms with Crippen molar-refractivity contribution in [1.29, 1.82) is 0 Å². The van der Waals surface area contributed by atoms with E-state index in [0.29, 0.717) is 23.0 Å². The van der Waals surface area contributed by atoms with Crippen LogP contribution in [-0.2, 0) is 9.53 Å². The number of hydrogen-bond acceptors (Lipinski definition) is 4. The van der Waals surface area contributed by atoms with Gasteiger partial charge in [-0.15, -0.1) is 0 Å². The number of anilines is 1. The molecule has 0 spiro atoms. The number of thiocarbonyl (C=S) groups is 1. The predicted octanol–water partition coefficient (Wildman–Crippen LogP) is 1.72. The minimum Gasteiger partial charge on any atom is -0.487 e. The van der Waals surface area contributed by atoms with E-state index in [9.17, 15) is 4.79 Å². The standard InChI is InChI=1S/C13H18N2O3S/c1-2-7-17-9-13(16)15-10-3-5-11(6-4-10)18-8-12(14)19/h3-6H,2,7-9H2,1H3,(H2,14,19)(H,15,16). The monoisotopic (exact) mass is 282 g/mol. The van der Waals surface area contributed by atoms with Crippen LogP contribution >= 0.6 is 12.2 Å². The van der Waals surface area contributed by atoms with Gasteiger partial charge in [0, 0.05) is 12.3 Å². The summed E-state index contributed by atoms with van der Waals surface area (Å²) in [6.07, 6.45) is 0.891. The highest BCUT2D eigenvalue weighted by molar-refractivity contribution is 7.80. The molecule has 0 saturated carbocycles. The molecule has 0 aliphatic carbocycles. The summed E-state index contributed by atoms with van der Waals surface area (Å²) in [7, 11) is 0. The first-order valence-electron chi connectivity index (χ1n) is 6.00. The summed E-state index contributed by atoms with van der Waals surface area (Å²) in [5.41, 5.74) is 6.02. The topological polar surface area (TPSA) is 73.6 Å². The Kier molecular flexibility index (Phi) is 6.84. The van der Waals surface area contributed by atoms with Crippen LogP contribution in [0.2, 0.25) is 0 Å². The van der Waals surface area contributed by atoms with Gasteiger partial charge in [0.2, 0.25) is 5.91 Å². The number of carbonyl (C=O) groups excluding carboxylic acids is 1. The van der Waals surface area contributed by atoms with Gasteiger partial charge in [-0.05, 0) is 30.7 Å². The second kappa shape index (κ2) is 8.44. The van der Waals surface area contributed by atoms with Crippen LogP contribution in [0.1, 0.15) is 13.3 Å². The predicted molar refractivity (Wildman–Crippen MR) is 78.5 cm³/mol. The molecule has 0 atom stereocenters. The van der Waals surface area contributed by atoms with Crippen LogP contribution in [0.4, 0.5) is 5.69 Å². The van der Waals surface area contributed by atoms with Gasteiger partial charge >= 0.3 is 0 Å². The first-order valence-corrected chi connectivity index (χ1v) is 6.41. The smallest absolute Gasteiger partial charge is 0.250 e. The van der Waals surface area contributed by atoms with E-state index in [4.69, 9.17) is 27.4 Å². The molecule has 0 aliphatic rings. The first kappa shape index (κ1) is 15.4. The van der Waals surface area contributed by atoms with E-state index >= 15 is 0 Å². The fraction of sp³-hybridized carbons (Fsp3) is 0.385. The lowest BCUT2D eigenvalue weighted by Gasteiger charge is -2.08. The van der Waals surface area contributed by atoms with Crippen molar-refractivity contribution < 1.29 is 14.3 Å². The second-order valence-corrected chi connectivity index (χ2v) is 4.40. The van der Waals surface area contributed by atoms with Gasteiger partial charge < -0.3 is 20.5 Å². The minimum atomic E-state index is -0.176. The zero-order chi connectivity index (χ0) is 14.1. The molecule has 6 heteroatoms. The Morgan fingerprint density at radius 3 is 2.58 bits per heavy atom. The van der Waals surface area contributed by atoms with Gasteiger partial charge in [0.25, 0.3) is 0 Å². The summed E-state index contributed by atoms with van der Waals surface area (Å²) in [5.74, 6) is 0.471. The fourth-order valence-electron chi connectivity index (χ4n) is 1.30. The normalized spacial score (nSPS) is 9.95. The number of hydrogen-bond donors (Lipinski definition) is 2. The molecule has 0 heterocycles. The molecule has 1 aromatic carbocycles. The molecule has 0 saturated heterocycles. The van der Waals surface area contributed by atoms with Gasteiger partial charge in [0.15, 0.2) is 0 Å². The van der Waals surface area contributed by atoms with Crippen molar-refractivity contribution in [3.05, 3.63) is 24.3 Å². The quantitative estimate of drug-likeness (QED) is 0.561. The molecular formula is C13H18N2O3S. The van der Waals surface area contributed by atoms with E-state index in [2.05, 4.69) is 5.32 Å². The van der Waals surface area contributed by atoms with Crippen LogP contribution in [0.15, 0.2) is 24.3 Å². The molecule has 1 rings (SSSR count). The Hall–Kier alpha value is -1.66. The third-order valence-electron chi connectivity index (χ3n) is 2.10. The van der Waals surface area contributed by atoms with E-state index in [0.717, 1.165) is 6.42 Å². The van der Waals surface area contributed by atoms with Gasteiger partial charge in [-0.3, -0.25) is 4.79 Å². The van der Waals surface area contributed by atoms with Gasteiger partial charge in [0.05, 0.1) is 0 Å². The Labute approximate surface area is 118 Å². The first-order chi connectivity index (χ1) is 9.11. The van der Waals surface area contributed by atoms with E-state index in [1.165, 1.54) is 0 Å². The number of ether oxygens (including phenoxy) is 2. The molecule has 1 amide bonds. The van der Waals surface area contributed by atoms with Crippen molar-refractivity contribution in [3.8, 4) is 5.75 Å². The molecule has 0 aliphatic heterocycles. The molecule has 0 aromatic heterocycles. The van der Waals surface area contributed by atoms with Gasteiger partial charge in [-0.1, -0.05) is 19.1 Å². The van der Waals surface area contributed by atoms with Crippen LogP contribution in [0.3, 0.4) is 0 Å². The molecule has 1 aromatic rings. The Morgan fingerprint density at radius 1 is 1.32 bits per heavy atom. The van der Waals surface area contributed by atoms with E-state index in [1.54, 1.807) is 24.3 Å². The van der Waals surface area contributed by atoms with Crippen LogP contribution in [0.25, 0.3) is 0 Å². The number of carbonyl (C=O) groups is 1. The molecule has 104 valence electrons. The molecule has 19 heavy (non-hydrogen) atoms. The highest BCUT2D eigenvalue weighted by Crippen LogP contribution is 2.15. The van der Waals surface area contributed by atoms with Crippen LogP contribution in [0, 0.1) is 0 Å². The van der Waals surface area contributed by atoms with Crippen molar-refractivity contribution in [2.24, 2.45) is 5.73 Å². The van der Waals surface area contributed by atoms with Crippen molar-refractivity contribution in [2.45, 2.75) is 13.3 Å². The maximum Gasteiger partial charge on any atom is 0.250 e. The van der Waals surface area contributed by atoms with Crippen LogP contribution in [-0.4, -0.2) is 30.7 Å². The molecule has 0 fully saturated rings. The summed E-state index contributed by atoms with van der Waals surface area (Å²) in [6.45, 7) is 2.84. The molecule has 0 radical (unpaired) electrons. The SMILES string of the molecule is CCCOCC(=O)Nc1ccc(OCC(N)=S)cc1. The van der Waals surface area contributed by atoms with Crippen LogP contribution < -0.4 is 15.8 Å². The number of nitrogens with one attached hydrogen (secondary N) is 1. The van der Waals surface area contributed by atoms with E-state index in [-0.39, 0.29) is 19.1 Å². The van der Waals surface area contributed by atoms with E-state index in [1.807, 2.05) is 6.92 Å². The average Bonchev–Trinajstić information content (AvgIpc) is 2.38. The molecule has 0 unspecified atom stereocenters. The second-order valence-electron chi connectivity index (χ2n) is 3.88. The Morgan fingerprint density at radius 2 is 2.00 bits per heavy atom. The van der Waals surface area contributed by atoms with Gasteiger partial charge in [-0.2, -0.15) is 0 Å². The minimum absolute atomic E-state index is 0.0630. The maximum absolute atomic E-state index is 11.5. The van der Waals surface area contributed by atoms with Crippen molar-refractivity contribution in [2.75, 3.05) is 25.1 Å². The van der Waals surface area contributed by atoms with Crippen molar-refractivity contribution in [3.63, 3.8) is 0 Å². The number of nitrogens with two attached hydrogens (primary N) is 1. The van der Waals surface area contributed by atoms with Crippen molar-refractivity contribution >= 4 is 28.8 Å². The van der Waals surface area contributed by atoms with E-state index < -0.39 is 0 Å². The summed E-state index contributed by atoms with van der Waals surface area (Å²) < 4.78 is 10.4. The Bertz CT molecular complexity index is 420. The van der Waals surface area contributed by atoms with Gasteiger partial charge in [-0.25, -0.2) is 0 Å². The highest BCUT2D eigenvalue weighted by Gasteiger charge is 2.02. The summed E-state index contributed by atoms with van der Waals surface area (Å²) in [6, 6.07) is 6.96. The van der Waals surface area contributed by atoms with Crippen molar-refractivity contribution in [1.82, 2.24) is 0 Å². The summed E-state index contributed by atoms with van der Waals surface area (Å²) >= 11 is 4.71. The van der Waals surface area contributed by atoms with Crippen LogP contribution in [0.5, 0.6) is 5.75 Å². The highest BCUT2D eigenvalue weighted by atomic mass is 32.1. The molecular weight excluding hydrogens is 264 g/mol. The number of benzene rings is 1. The fourth-order valence-corrected chi connectivity index (χ4v) is 1.35. The molecule has 3 N–H and O–H groups in total. The number of amides is 1. The lowest BCUT2D eigenvalue weighted by molar-refractivity contribution is -0.120. The zero-order valence-corrected chi connectivity index (χ0v) is 11.7. The largest absolute Gasteiger partial charge is 0.487 e. The maximum atomic E-state index is 11.5.